The lowest BCUT2D eigenvalue weighted by Crippen LogP contribution is -2.10. The van der Waals surface area contributed by atoms with E-state index in [1.807, 2.05) is 0 Å². The molecule has 0 aromatic carbocycles. The van der Waals surface area contributed by atoms with Crippen molar-refractivity contribution in [1.82, 2.24) is 0 Å². The van der Waals surface area contributed by atoms with Crippen molar-refractivity contribution in [2.75, 3.05) is 13.2 Å². The van der Waals surface area contributed by atoms with Crippen LogP contribution in [0.3, 0.4) is 0 Å². The Hall–Kier alpha value is -1.58. The van der Waals surface area contributed by atoms with Crippen LogP contribution in [0.2, 0.25) is 0 Å². The highest BCUT2D eigenvalue weighted by Crippen LogP contribution is 2.06. The predicted octanol–water partition coefficient (Wildman–Crippen LogP) is 3.18. The zero-order valence-electron chi connectivity index (χ0n) is 12.2. The summed E-state index contributed by atoms with van der Waals surface area (Å²) in [4.78, 5) is 22.9. The van der Waals surface area contributed by atoms with E-state index in [4.69, 9.17) is 9.47 Å². The van der Waals surface area contributed by atoms with Crippen molar-refractivity contribution in [3.05, 3.63) is 23.8 Å². The SMILES string of the molecule is C=C(/C=C(\C)C(=O)OCCCCCC)C(=O)OCC. The molecular weight excluding hydrogens is 244 g/mol. The van der Waals surface area contributed by atoms with Crippen molar-refractivity contribution >= 4 is 11.9 Å². The molecule has 0 rings (SSSR count). The molecule has 19 heavy (non-hydrogen) atoms. The zero-order chi connectivity index (χ0) is 14.7. The fraction of sp³-hybridized carbons (Fsp3) is 0.600. The highest BCUT2D eigenvalue weighted by atomic mass is 16.5. The van der Waals surface area contributed by atoms with Crippen LogP contribution in [-0.4, -0.2) is 25.2 Å². The van der Waals surface area contributed by atoms with Crippen molar-refractivity contribution < 1.29 is 19.1 Å². The standard InChI is InChI=1S/C15H24O4/c1-5-7-8-9-10-19-15(17)13(4)11-12(3)14(16)18-6-2/h11H,3,5-10H2,1-2,4H3/b13-11+. The fourth-order valence-electron chi connectivity index (χ4n) is 1.41. The van der Waals surface area contributed by atoms with Gasteiger partial charge in [0.2, 0.25) is 0 Å². The second-order valence-electron chi connectivity index (χ2n) is 4.27. The largest absolute Gasteiger partial charge is 0.462 e. The van der Waals surface area contributed by atoms with E-state index >= 15 is 0 Å². The number of esters is 2. The molecule has 0 heterocycles. The number of hydrogen-bond donors (Lipinski definition) is 0. The molecule has 0 aromatic heterocycles. The van der Waals surface area contributed by atoms with Crippen molar-refractivity contribution in [2.45, 2.75) is 46.5 Å². The maximum Gasteiger partial charge on any atom is 0.337 e. The van der Waals surface area contributed by atoms with Gasteiger partial charge in [0.1, 0.15) is 0 Å². The van der Waals surface area contributed by atoms with E-state index in [2.05, 4.69) is 13.5 Å². The number of unbranched alkanes of at least 4 members (excludes halogenated alkanes) is 3. The molecule has 0 aliphatic heterocycles. The Kier molecular flexibility index (Phi) is 9.49. The maximum absolute atomic E-state index is 11.6. The van der Waals surface area contributed by atoms with E-state index in [0.717, 1.165) is 25.7 Å². The van der Waals surface area contributed by atoms with Crippen LogP contribution >= 0.6 is 0 Å². The minimum Gasteiger partial charge on any atom is -0.462 e. The van der Waals surface area contributed by atoms with Gasteiger partial charge in [0.25, 0.3) is 0 Å². The monoisotopic (exact) mass is 268 g/mol. The first-order valence-electron chi connectivity index (χ1n) is 6.74. The Morgan fingerprint density at radius 1 is 1.05 bits per heavy atom. The Morgan fingerprint density at radius 3 is 2.32 bits per heavy atom. The second kappa shape index (κ2) is 10.4. The van der Waals surface area contributed by atoms with Gasteiger partial charge in [-0.25, -0.2) is 9.59 Å². The molecular formula is C15H24O4. The number of ether oxygens (including phenoxy) is 2. The van der Waals surface area contributed by atoms with Crippen LogP contribution in [0.1, 0.15) is 46.5 Å². The van der Waals surface area contributed by atoms with Crippen molar-refractivity contribution in [3.63, 3.8) is 0 Å². The lowest BCUT2D eigenvalue weighted by molar-refractivity contribution is -0.139. The molecule has 0 aromatic rings. The summed E-state index contributed by atoms with van der Waals surface area (Å²) in [5.41, 5.74) is 0.510. The second-order valence-corrected chi connectivity index (χ2v) is 4.27. The molecule has 108 valence electrons. The average molecular weight is 268 g/mol. The Balaban J connectivity index is 4.10. The van der Waals surface area contributed by atoms with Crippen molar-refractivity contribution in [1.29, 1.82) is 0 Å². The summed E-state index contributed by atoms with van der Waals surface area (Å²) in [7, 11) is 0. The van der Waals surface area contributed by atoms with Gasteiger partial charge in [0, 0.05) is 5.57 Å². The van der Waals surface area contributed by atoms with E-state index in [-0.39, 0.29) is 12.2 Å². The Morgan fingerprint density at radius 2 is 1.74 bits per heavy atom. The molecule has 4 heteroatoms. The van der Waals surface area contributed by atoms with Gasteiger partial charge in [-0.2, -0.15) is 0 Å². The lowest BCUT2D eigenvalue weighted by Gasteiger charge is -2.05. The summed E-state index contributed by atoms with van der Waals surface area (Å²) < 4.78 is 9.87. The summed E-state index contributed by atoms with van der Waals surface area (Å²) >= 11 is 0. The first kappa shape index (κ1) is 17.4. The van der Waals surface area contributed by atoms with Gasteiger partial charge in [-0.05, 0) is 26.3 Å². The van der Waals surface area contributed by atoms with Gasteiger partial charge in [0.05, 0.1) is 18.8 Å². The van der Waals surface area contributed by atoms with Gasteiger partial charge < -0.3 is 9.47 Å². The third-order valence-electron chi connectivity index (χ3n) is 2.48. The molecule has 0 aliphatic carbocycles. The average Bonchev–Trinajstić information content (AvgIpc) is 2.38. The normalized spacial score (nSPS) is 11.0. The third kappa shape index (κ3) is 8.19. The van der Waals surface area contributed by atoms with Crippen LogP contribution in [0.25, 0.3) is 0 Å². The summed E-state index contributed by atoms with van der Waals surface area (Å²) in [5, 5.41) is 0. The van der Waals surface area contributed by atoms with Gasteiger partial charge in [0.15, 0.2) is 0 Å². The van der Waals surface area contributed by atoms with Crippen LogP contribution in [0.4, 0.5) is 0 Å². The minimum absolute atomic E-state index is 0.155. The molecule has 0 unspecified atom stereocenters. The van der Waals surface area contributed by atoms with Crippen LogP contribution < -0.4 is 0 Å². The Bertz CT molecular complexity index is 342. The van der Waals surface area contributed by atoms with Gasteiger partial charge in [-0.15, -0.1) is 0 Å². The summed E-state index contributed by atoms with van der Waals surface area (Å²) in [6, 6.07) is 0. The Labute approximate surface area is 115 Å². The van der Waals surface area contributed by atoms with Gasteiger partial charge in [-0.3, -0.25) is 0 Å². The molecule has 0 fully saturated rings. The maximum atomic E-state index is 11.6. The molecule has 0 spiro atoms. The summed E-state index contributed by atoms with van der Waals surface area (Å²) in [5.74, 6) is -0.931. The van der Waals surface area contributed by atoms with Crippen LogP contribution in [-0.2, 0) is 19.1 Å². The smallest absolute Gasteiger partial charge is 0.337 e. The van der Waals surface area contributed by atoms with Crippen LogP contribution in [0.5, 0.6) is 0 Å². The molecule has 0 aliphatic rings. The topological polar surface area (TPSA) is 52.6 Å². The highest BCUT2D eigenvalue weighted by Gasteiger charge is 2.10. The molecule has 0 bridgehead atoms. The molecule has 0 amide bonds. The quantitative estimate of drug-likeness (QED) is 0.279. The van der Waals surface area contributed by atoms with Gasteiger partial charge in [-0.1, -0.05) is 32.8 Å². The molecule has 4 nitrogen and oxygen atoms in total. The first-order chi connectivity index (χ1) is 9.02. The summed E-state index contributed by atoms with van der Waals surface area (Å²) in [6.45, 7) is 9.69. The van der Waals surface area contributed by atoms with E-state index in [0.29, 0.717) is 12.2 Å². The van der Waals surface area contributed by atoms with E-state index in [1.54, 1.807) is 13.8 Å². The van der Waals surface area contributed by atoms with Crippen molar-refractivity contribution in [3.8, 4) is 0 Å². The molecule has 0 saturated heterocycles. The molecule has 0 N–H and O–H groups in total. The zero-order valence-corrected chi connectivity index (χ0v) is 12.2. The third-order valence-corrected chi connectivity index (χ3v) is 2.48. The number of carbonyl (C=O) groups excluding carboxylic acids is 2. The van der Waals surface area contributed by atoms with E-state index < -0.39 is 11.9 Å². The van der Waals surface area contributed by atoms with E-state index in [9.17, 15) is 9.59 Å². The molecule has 0 radical (unpaired) electrons. The van der Waals surface area contributed by atoms with E-state index in [1.165, 1.54) is 6.08 Å². The van der Waals surface area contributed by atoms with Crippen molar-refractivity contribution in [2.24, 2.45) is 0 Å². The lowest BCUT2D eigenvalue weighted by atomic mass is 10.2. The number of carbonyl (C=O) groups is 2. The summed E-state index contributed by atoms with van der Waals surface area (Å²) in [6.07, 6.45) is 5.61. The number of hydrogen-bond acceptors (Lipinski definition) is 4. The highest BCUT2D eigenvalue weighted by molar-refractivity contribution is 5.95. The van der Waals surface area contributed by atoms with Crippen LogP contribution in [0, 0.1) is 0 Å². The first-order valence-corrected chi connectivity index (χ1v) is 6.74. The van der Waals surface area contributed by atoms with Crippen LogP contribution in [0.15, 0.2) is 23.8 Å². The predicted molar refractivity (Wildman–Crippen MR) is 74.6 cm³/mol. The molecule has 0 saturated carbocycles. The van der Waals surface area contributed by atoms with Gasteiger partial charge >= 0.3 is 11.9 Å². The fourth-order valence-corrected chi connectivity index (χ4v) is 1.41. The molecule has 0 atom stereocenters. The minimum atomic E-state index is -0.516. The number of rotatable bonds is 9.